The fraction of sp³-hybridized carbons (Fsp3) is 0.292. The minimum atomic E-state index is -0.231. The van der Waals surface area contributed by atoms with Crippen LogP contribution in [0.2, 0.25) is 5.02 Å². The van der Waals surface area contributed by atoms with Crippen molar-refractivity contribution in [3.63, 3.8) is 0 Å². The molecule has 1 aliphatic carbocycles. The van der Waals surface area contributed by atoms with Gasteiger partial charge in [-0.25, -0.2) is 4.68 Å². The number of hydrogen-bond acceptors (Lipinski definition) is 3. The van der Waals surface area contributed by atoms with Gasteiger partial charge >= 0.3 is 0 Å². The van der Waals surface area contributed by atoms with Crippen molar-refractivity contribution < 1.29 is 9.59 Å². The average molecular weight is 437 g/mol. The van der Waals surface area contributed by atoms with Gasteiger partial charge in [-0.05, 0) is 62.1 Å². The van der Waals surface area contributed by atoms with Crippen molar-refractivity contribution in [2.45, 2.75) is 45.6 Å². The summed E-state index contributed by atoms with van der Waals surface area (Å²) in [5.41, 5.74) is 4.98. The summed E-state index contributed by atoms with van der Waals surface area (Å²) in [5.74, 6) is 0.0251. The molecule has 1 heterocycles. The molecule has 31 heavy (non-hydrogen) atoms. The molecule has 3 aromatic rings. The molecular formula is C24H25ClN4O2. The molecule has 4 rings (SSSR count). The Hall–Kier alpha value is -3.12. The normalized spacial score (nSPS) is 14.2. The maximum absolute atomic E-state index is 13.1. The van der Waals surface area contributed by atoms with E-state index < -0.39 is 0 Å². The topological polar surface area (TPSA) is 76.0 Å². The van der Waals surface area contributed by atoms with Crippen molar-refractivity contribution in [2.75, 3.05) is 5.32 Å². The summed E-state index contributed by atoms with van der Waals surface area (Å²) in [7, 11) is 0. The third-order valence-electron chi connectivity index (χ3n) is 5.47. The van der Waals surface area contributed by atoms with Crippen molar-refractivity contribution in [3.8, 4) is 5.69 Å². The zero-order chi connectivity index (χ0) is 22.1. The molecule has 0 saturated heterocycles. The number of hydrogen-bond donors (Lipinski definition) is 2. The Labute approximate surface area is 186 Å². The van der Waals surface area contributed by atoms with Gasteiger partial charge in [-0.2, -0.15) is 5.10 Å². The predicted molar refractivity (Wildman–Crippen MR) is 122 cm³/mol. The van der Waals surface area contributed by atoms with Crippen molar-refractivity contribution >= 4 is 29.1 Å². The third kappa shape index (κ3) is 4.64. The number of aromatic nitrogens is 2. The highest BCUT2D eigenvalue weighted by Gasteiger charge is 2.33. The van der Waals surface area contributed by atoms with Gasteiger partial charge in [0.2, 0.25) is 5.91 Å². The Bertz CT molecular complexity index is 1150. The predicted octanol–water partition coefficient (Wildman–Crippen LogP) is 5.16. The molecule has 0 radical (unpaired) electrons. The van der Waals surface area contributed by atoms with Crippen LogP contribution in [0.1, 0.15) is 65.8 Å². The highest BCUT2D eigenvalue weighted by molar-refractivity contribution is 6.31. The summed E-state index contributed by atoms with van der Waals surface area (Å²) in [4.78, 5) is 24.5. The SMILES string of the molecule is CC(=O)Nc1cccc(C(C)NC(=O)c2cnn(-c3ccc(C)c(Cl)c3)c2C2CC2)c1. The lowest BCUT2D eigenvalue weighted by Gasteiger charge is -2.16. The number of nitrogens with zero attached hydrogens (tertiary/aromatic N) is 2. The Morgan fingerprint density at radius 1 is 1.19 bits per heavy atom. The van der Waals surface area contributed by atoms with Crippen LogP contribution in [0.3, 0.4) is 0 Å². The van der Waals surface area contributed by atoms with Crippen molar-refractivity contribution in [2.24, 2.45) is 0 Å². The van der Waals surface area contributed by atoms with Crippen LogP contribution in [0.15, 0.2) is 48.7 Å². The van der Waals surface area contributed by atoms with Gasteiger partial charge < -0.3 is 10.6 Å². The summed E-state index contributed by atoms with van der Waals surface area (Å²) < 4.78 is 1.83. The van der Waals surface area contributed by atoms with E-state index in [-0.39, 0.29) is 17.9 Å². The fourth-order valence-corrected chi connectivity index (χ4v) is 3.82. The first-order valence-electron chi connectivity index (χ1n) is 10.4. The second-order valence-corrected chi connectivity index (χ2v) is 8.47. The summed E-state index contributed by atoms with van der Waals surface area (Å²) in [6.07, 6.45) is 3.72. The number of rotatable bonds is 6. The lowest BCUT2D eigenvalue weighted by molar-refractivity contribution is -0.114. The molecule has 0 aliphatic heterocycles. The maximum atomic E-state index is 13.1. The number of carbonyl (C=O) groups is 2. The van der Waals surface area contributed by atoms with Gasteiger partial charge in [0.15, 0.2) is 0 Å². The number of carbonyl (C=O) groups excluding carboxylic acids is 2. The van der Waals surface area contributed by atoms with E-state index in [4.69, 9.17) is 11.6 Å². The third-order valence-corrected chi connectivity index (χ3v) is 5.88. The average Bonchev–Trinajstić information content (AvgIpc) is 3.47. The molecule has 6 nitrogen and oxygen atoms in total. The molecule has 0 bridgehead atoms. The van der Waals surface area contributed by atoms with Crippen molar-refractivity contribution in [1.29, 1.82) is 0 Å². The van der Waals surface area contributed by atoms with Gasteiger partial charge in [-0.1, -0.05) is 29.8 Å². The standard InChI is InChI=1S/C24H25ClN4O2/c1-14-7-10-20(12-22(14)25)29-23(17-8-9-17)21(13-26-29)24(31)27-15(2)18-5-4-6-19(11-18)28-16(3)30/h4-7,10-13,15,17H,8-9H2,1-3H3,(H,27,31)(H,28,30). The van der Waals surface area contributed by atoms with Gasteiger partial charge in [-0.15, -0.1) is 0 Å². The first kappa shape index (κ1) is 21.1. The quantitative estimate of drug-likeness (QED) is 0.560. The van der Waals surface area contributed by atoms with E-state index in [1.807, 2.05) is 61.0 Å². The number of halogens is 1. The van der Waals surface area contributed by atoms with Crippen molar-refractivity contribution in [3.05, 3.63) is 76.1 Å². The highest BCUT2D eigenvalue weighted by atomic mass is 35.5. The van der Waals surface area contributed by atoms with Gasteiger partial charge in [0.05, 0.1) is 29.2 Å². The molecule has 2 N–H and O–H groups in total. The molecule has 160 valence electrons. The number of anilines is 1. The fourth-order valence-electron chi connectivity index (χ4n) is 3.65. The number of amides is 2. The largest absolute Gasteiger partial charge is 0.345 e. The van der Waals surface area contributed by atoms with Gasteiger partial charge in [-0.3, -0.25) is 9.59 Å². The Morgan fingerprint density at radius 3 is 2.65 bits per heavy atom. The number of nitrogens with one attached hydrogen (secondary N) is 2. The lowest BCUT2D eigenvalue weighted by atomic mass is 10.1. The van der Waals surface area contributed by atoms with Crippen LogP contribution in [-0.4, -0.2) is 21.6 Å². The van der Waals surface area contributed by atoms with Crippen LogP contribution in [0.5, 0.6) is 0 Å². The molecule has 1 fully saturated rings. The molecule has 1 atom stereocenters. The van der Waals surface area contributed by atoms with Crippen LogP contribution in [0.25, 0.3) is 5.69 Å². The first-order valence-corrected chi connectivity index (χ1v) is 10.7. The summed E-state index contributed by atoms with van der Waals surface area (Å²) in [6, 6.07) is 13.1. The smallest absolute Gasteiger partial charge is 0.255 e. The summed E-state index contributed by atoms with van der Waals surface area (Å²) in [6.45, 7) is 5.35. The summed E-state index contributed by atoms with van der Waals surface area (Å²) in [5, 5.41) is 11.0. The zero-order valence-corrected chi connectivity index (χ0v) is 18.5. The second kappa shape index (κ2) is 8.55. The van der Waals surface area contributed by atoms with E-state index in [0.717, 1.165) is 35.3 Å². The van der Waals surface area contributed by atoms with E-state index in [1.165, 1.54) is 6.92 Å². The molecule has 1 aromatic heterocycles. The minimum absolute atomic E-state index is 0.133. The van der Waals surface area contributed by atoms with Crippen LogP contribution in [0, 0.1) is 6.92 Å². The second-order valence-electron chi connectivity index (χ2n) is 8.06. The molecule has 2 amide bonds. The van der Waals surface area contributed by atoms with Gasteiger partial charge in [0, 0.05) is 23.6 Å². The zero-order valence-electron chi connectivity index (χ0n) is 17.8. The number of aryl methyl sites for hydroxylation is 1. The molecule has 1 saturated carbocycles. The molecule has 0 spiro atoms. The summed E-state index contributed by atoms with van der Waals surface area (Å²) >= 11 is 6.31. The van der Waals surface area contributed by atoms with E-state index in [1.54, 1.807) is 6.20 Å². The Balaban J connectivity index is 1.58. The van der Waals surface area contributed by atoms with Crippen LogP contribution < -0.4 is 10.6 Å². The molecule has 1 aliphatic rings. The maximum Gasteiger partial charge on any atom is 0.255 e. The molecule has 7 heteroatoms. The van der Waals surface area contributed by atoms with Crippen molar-refractivity contribution in [1.82, 2.24) is 15.1 Å². The van der Waals surface area contributed by atoms with E-state index in [2.05, 4.69) is 15.7 Å². The van der Waals surface area contributed by atoms with Crippen LogP contribution in [0.4, 0.5) is 5.69 Å². The monoisotopic (exact) mass is 436 g/mol. The number of benzene rings is 2. The van der Waals surface area contributed by atoms with Crippen LogP contribution >= 0.6 is 11.6 Å². The Morgan fingerprint density at radius 2 is 1.97 bits per heavy atom. The van der Waals surface area contributed by atoms with Crippen LogP contribution in [-0.2, 0) is 4.79 Å². The molecular weight excluding hydrogens is 412 g/mol. The lowest BCUT2D eigenvalue weighted by Crippen LogP contribution is -2.27. The Kier molecular flexibility index (Phi) is 5.83. The minimum Gasteiger partial charge on any atom is -0.345 e. The van der Waals surface area contributed by atoms with E-state index in [0.29, 0.717) is 22.2 Å². The van der Waals surface area contributed by atoms with Gasteiger partial charge in [0.1, 0.15) is 0 Å². The molecule has 1 unspecified atom stereocenters. The van der Waals surface area contributed by atoms with Gasteiger partial charge in [0.25, 0.3) is 5.91 Å². The van der Waals surface area contributed by atoms with E-state index in [9.17, 15) is 9.59 Å². The highest BCUT2D eigenvalue weighted by Crippen LogP contribution is 2.42. The van der Waals surface area contributed by atoms with E-state index >= 15 is 0 Å². The molecule has 2 aromatic carbocycles. The first-order chi connectivity index (χ1) is 14.8.